The van der Waals surface area contributed by atoms with Gasteiger partial charge in [0.2, 0.25) is 0 Å². The van der Waals surface area contributed by atoms with Gasteiger partial charge >= 0.3 is 6.09 Å². The van der Waals surface area contributed by atoms with Gasteiger partial charge in [-0.15, -0.1) is 0 Å². The Balaban J connectivity index is 2.60. The Morgan fingerprint density at radius 3 is 2.62 bits per heavy atom. The van der Waals surface area contributed by atoms with Crippen LogP contribution in [-0.4, -0.2) is 30.7 Å². The number of amides is 1. The molecule has 0 atom stereocenters. The average Bonchev–Trinajstić information content (AvgIpc) is 2.30. The Kier molecular flexibility index (Phi) is 5.36. The number of benzene rings is 1. The van der Waals surface area contributed by atoms with E-state index < -0.39 is 0 Å². The summed E-state index contributed by atoms with van der Waals surface area (Å²) in [5.41, 5.74) is 6.54. The summed E-state index contributed by atoms with van der Waals surface area (Å²) in [6.45, 7) is 3.66. The van der Waals surface area contributed by atoms with Crippen LogP contribution in [0.15, 0.2) is 30.3 Å². The molecule has 1 rings (SSSR count). The van der Waals surface area contributed by atoms with Crippen molar-refractivity contribution < 1.29 is 9.53 Å². The van der Waals surface area contributed by atoms with Crippen LogP contribution in [0.5, 0.6) is 0 Å². The summed E-state index contributed by atoms with van der Waals surface area (Å²) >= 11 is 0. The fourth-order valence-electron chi connectivity index (χ4n) is 1.41. The van der Waals surface area contributed by atoms with E-state index in [1.54, 1.807) is 11.8 Å². The average molecular weight is 222 g/mol. The summed E-state index contributed by atoms with van der Waals surface area (Å²) in [6, 6.07) is 9.79. The molecule has 0 spiro atoms. The van der Waals surface area contributed by atoms with E-state index in [-0.39, 0.29) is 6.09 Å². The van der Waals surface area contributed by atoms with Gasteiger partial charge in [0.05, 0.1) is 6.61 Å². The first-order valence-electron chi connectivity index (χ1n) is 5.43. The van der Waals surface area contributed by atoms with Crippen molar-refractivity contribution in [3.05, 3.63) is 35.9 Å². The molecule has 0 aliphatic heterocycles. The monoisotopic (exact) mass is 222 g/mol. The number of hydrogen-bond donors (Lipinski definition) is 1. The van der Waals surface area contributed by atoms with E-state index in [1.165, 1.54) is 0 Å². The molecule has 4 nitrogen and oxygen atoms in total. The molecule has 0 saturated heterocycles. The van der Waals surface area contributed by atoms with Crippen molar-refractivity contribution in [1.29, 1.82) is 0 Å². The molecule has 0 saturated carbocycles. The van der Waals surface area contributed by atoms with Crippen LogP contribution in [-0.2, 0) is 11.3 Å². The molecule has 16 heavy (non-hydrogen) atoms. The third-order valence-electron chi connectivity index (χ3n) is 2.14. The van der Waals surface area contributed by atoms with Gasteiger partial charge in [-0.2, -0.15) is 0 Å². The summed E-state index contributed by atoms with van der Waals surface area (Å²) in [5, 5.41) is 0. The minimum Gasteiger partial charge on any atom is -0.450 e. The molecule has 0 aliphatic rings. The standard InChI is InChI=1S/C12H18N2O2/c1-2-16-12(15)14(9-8-13)10-11-6-4-3-5-7-11/h3-7H,2,8-10,13H2,1H3. The van der Waals surface area contributed by atoms with Crippen molar-refractivity contribution in [1.82, 2.24) is 4.90 Å². The Morgan fingerprint density at radius 2 is 2.06 bits per heavy atom. The quantitative estimate of drug-likeness (QED) is 0.823. The van der Waals surface area contributed by atoms with E-state index in [0.29, 0.717) is 26.2 Å². The highest BCUT2D eigenvalue weighted by molar-refractivity contribution is 5.67. The zero-order valence-corrected chi connectivity index (χ0v) is 9.56. The van der Waals surface area contributed by atoms with E-state index >= 15 is 0 Å². The molecule has 88 valence electrons. The molecule has 2 N–H and O–H groups in total. The van der Waals surface area contributed by atoms with Crippen LogP contribution in [0.1, 0.15) is 12.5 Å². The second-order valence-electron chi connectivity index (χ2n) is 3.39. The van der Waals surface area contributed by atoms with E-state index in [9.17, 15) is 4.79 Å². The van der Waals surface area contributed by atoms with Crippen LogP contribution in [0.3, 0.4) is 0 Å². The molecular weight excluding hydrogens is 204 g/mol. The number of hydrogen-bond acceptors (Lipinski definition) is 3. The highest BCUT2D eigenvalue weighted by Gasteiger charge is 2.13. The van der Waals surface area contributed by atoms with E-state index in [1.807, 2.05) is 30.3 Å². The van der Waals surface area contributed by atoms with Crippen molar-refractivity contribution in [2.24, 2.45) is 5.73 Å². The van der Waals surface area contributed by atoms with Gasteiger partial charge in [0, 0.05) is 19.6 Å². The van der Waals surface area contributed by atoms with Crippen LogP contribution in [0.4, 0.5) is 4.79 Å². The molecule has 1 aromatic rings. The largest absolute Gasteiger partial charge is 0.450 e. The molecule has 0 unspecified atom stereocenters. The number of ether oxygens (including phenoxy) is 1. The van der Waals surface area contributed by atoms with Crippen molar-refractivity contribution >= 4 is 6.09 Å². The predicted molar refractivity (Wildman–Crippen MR) is 62.9 cm³/mol. The van der Waals surface area contributed by atoms with Crippen molar-refractivity contribution in [3.63, 3.8) is 0 Å². The highest BCUT2D eigenvalue weighted by Crippen LogP contribution is 2.05. The minimum absolute atomic E-state index is 0.309. The number of nitrogens with zero attached hydrogens (tertiary/aromatic N) is 1. The van der Waals surface area contributed by atoms with Gasteiger partial charge in [0.1, 0.15) is 0 Å². The summed E-state index contributed by atoms with van der Waals surface area (Å²) in [5.74, 6) is 0. The molecule has 1 amide bonds. The zero-order chi connectivity index (χ0) is 11.8. The smallest absolute Gasteiger partial charge is 0.410 e. The molecule has 0 aromatic heterocycles. The lowest BCUT2D eigenvalue weighted by Crippen LogP contribution is -2.35. The predicted octanol–water partition coefficient (Wildman–Crippen LogP) is 1.60. The number of nitrogens with two attached hydrogens (primary N) is 1. The van der Waals surface area contributed by atoms with Crippen molar-refractivity contribution in [2.45, 2.75) is 13.5 Å². The Labute approximate surface area is 96.0 Å². The van der Waals surface area contributed by atoms with Crippen LogP contribution in [0.25, 0.3) is 0 Å². The minimum atomic E-state index is -0.309. The number of carbonyl (C=O) groups is 1. The maximum atomic E-state index is 11.6. The molecule has 4 heteroatoms. The van der Waals surface area contributed by atoms with Gasteiger partial charge < -0.3 is 15.4 Å². The van der Waals surface area contributed by atoms with Gasteiger partial charge in [0.15, 0.2) is 0 Å². The lowest BCUT2D eigenvalue weighted by molar-refractivity contribution is 0.106. The molecule has 0 bridgehead atoms. The summed E-state index contributed by atoms with van der Waals surface area (Å²) in [7, 11) is 0. The summed E-state index contributed by atoms with van der Waals surface area (Å²) in [4.78, 5) is 13.2. The third-order valence-corrected chi connectivity index (χ3v) is 2.14. The van der Waals surface area contributed by atoms with Gasteiger partial charge in [-0.3, -0.25) is 0 Å². The van der Waals surface area contributed by atoms with E-state index in [0.717, 1.165) is 5.56 Å². The summed E-state index contributed by atoms with van der Waals surface area (Å²) < 4.78 is 4.96. The van der Waals surface area contributed by atoms with Crippen LogP contribution in [0, 0.1) is 0 Å². The molecular formula is C12H18N2O2. The first-order valence-corrected chi connectivity index (χ1v) is 5.43. The zero-order valence-electron chi connectivity index (χ0n) is 9.56. The SMILES string of the molecule is CCOC(=O)N(CCN)Cc1ccccc1. The Bertz CT molecular complexity index is 314. The van der Waals surface area contributed by atoms with Crippen LogP contribution < -0.4 is 5.73 Å². The summed E-state index contributed by atoms with van der Waals surface area (Å²) in [6.07, 6.45) is -0.309. The molecule has 1 aromatic carbocycles. The maximum absolute atomic E-state index is 11.6. The lowest BCUT2D eigenvalue weighted by Gasteiger charge is -2.21. The van der Waals surface area contributed by atoms with Crippen molar-refractivity contribution in [2.75, 3.05) is 19.7 Å². The fourth-order valence-corrected chi connectivity index (χ4v) is 1.41. The van der Waals surface area contributed by atoms with E-state index in [2.05, 4.69) is 0 Å². The van der Waals surface area contributed by atoms with Gasteiger partial charge in [-0.1, -0.05) is 30.3 Å². The Morgan fingerprint density at radius 1 is 1.38 bits per heavy atom. The normalized spacial score (nSPS) is 9.88. The van der Waals surface area contributed by atoms with Gasteiger partial charge in [-0.05, 0) is 12.5 Å². The molecule has 0 radical (unpaired) electrons. The van der Waals surface area contributed by atoms with Crippen LogP contribution >= 0.6 is 0 Å². The highest BCUT2D eigenvalue weighted by atomic mass is 16.6. The molecule has 0 fully saturated rings. The number of rotatable bonds is 5. The van der Waals surface area contributed by atoms with Crippen LogP contribution in [0.2, 0.25) is 0 Å². The van der Waals surface area contributed by atoms with E-state index in [4.69, 9.17) is 10.5 Å². The second-order valence-corrected chi connectivity index (χ2v) is 3.39. The molecule has 0 heterocycles. The Hall–Kier alpha value is -1.55. The van der Waals surface area contributed by atoms with Gasteiger partial charge in [-0.25, -0.2) is 4.79 Å². The first kappa shape index (κ1) is 12.5. The topological polar surface area (TPSA) is 55.6 Å². The fraction of sp³-hybridized carbons (Fsp3) is 0.417. The van der Waals surface area contributed by atoms with Gasteiger partial charge in [0.25, 0.3) is 0 Å². The lowest BCUT2D eigenvalue weighted by atomic mass is 10.2. The third kappa shape index (κ3) is 3.90. The second kappa shape index (κ2) is 6.85. The van der Waals surface area contributed by atoms with Crippen molar-refractivity contribution in [3.8, 4) is 0 Å². The first-order chi connectivity index (χ1) is 7.77. The molecule has 0 aliphatic carbocycles. The maximum Gasteiger partial charge on any atom is 0.410 e. The number of carbonyl (C=O) groups excluding carboxylic acids is 1.